The van der Waals surface area contributed by atoms with Gasteiger partial charge in [0.1, 0.15) is 5.82 Å². The molecule has 0 aromatic heterocycles. The zero-order chi connectivity index (χ0) is 12.3. The molecule has 1 rings (SSSR count). The van der Waals surface area contributed by atoms with Crippen LogP contribution in [0.1, 0.15) is 23.6 Å². The van der Waals surface area contributed by atoms with Crippen molar-refractivity contribution >= 4 is 0 Å². The second-order valence-electron chi connectivity index (χ2n) is 3.18. The number of nitrogens with two attached hydrogens (primary N) is 1. The van der Waals surface area contributed by atoms with Crippen LogP contribution in [0, 0.1) is 17.1 Å². The number of rotatable bonds is 2. The average molecular weight is 232 g/mol. The predicted octanol–water partition coefficient (Wildman–Crippen LogP) is 2.76. The molecule has 1 aromatic carbocycles. The van der Waals surface area contributed by atoms with Gasteiger partial charge in [0, 0.05) is 11.6 Å². The van der Waals surface area contributed by atoms with Gasteiger partial charge in [0.15, 0.2) is 0 Å². The second kappa shape index (κ2) is 4.49. The first-order valence-electron chi connectivity index (χ1n) is 4.36. The average Bonchev–Trinajstić information content (AvgIpc) is 2.16. The molecular weight excluding hydrogens is 224 g/mol. The molecule has 0 saturated heterocycles. The summed E-state index contributed by atoms with van der Waals surface area (Å²) in [7, 11) is 0. The number of nitriles is 1. The Bertz CT molecular complexity index is 420. The Morgan fingerprint density at radius 2 is 2.00 bits per heavy atom. The lowest BCUT2D eigenvalue weighted by Gasteiger charge is -2.14. The van der Waals surface area contributed by atoms with Gasteiger partial charge in [-0.25, -0.2) is 4.39 Å². The van der Waals surface area contributed by atoms with Crippen LogP contribution in [0.15, 0.2) is 18.2 Å². The van der Waals surface area contributed by atoms with Crippen LogP contribution in [-0.2, 0) is 6.18 Å². The highest BCUT2D eigenvalue weighted by Crippen LogP contribution is 2.33. The maximum atomic E-state index is 13.4. The molecule has 1 atom stereocenters. The summed E-state index contributed by atoms with van der Waals surface area (Å²) in [5.41, 5.74) is 3.73. The Kier molecular flexibility index (Phi) is 3.50. The third kappa shape index (κ3) is 2.49. The molecular formula is C10H8F4N2. The van der Waals surface area contributed by atoms with Crippen molar-refractivity contribution in [1.29, 1.82) is 5.26 Å². The summed E-state index contributed by atoms with van der Waals surface area (Å²) in [4.78, 5) is 0. The van der Waals surface area contributed by atoms with E-state index in [9.17, 15) is 17.6 Å². The van der Waals surface area contributed by atoms with Gasteiger partial charge in [-0.3, -0.25) is 0 Å². The highest BCUT2D eigenvalue weighted by atomic mass is 19.4. The first-order chi connectivity index (χ1) is 7.38. The Morgan fingerprint density at radius 3 is 2.50 bits per heavy atom. The Hall–Kier alpha value is -1.61. The molecule has 86 valence electrons. The van der Waals surface area contributed by atoms with E-state index in [1.54, 1.807) is 6.07 Å². The summed E-state index contributed by atoms with van der Waals surface area (Å²) >= 11 is 0. The Morgan fingerprint density at radius 1 is 1.38 bits per heavy atom. The highest BCUT2D eigenvalue weighted by Gasteiger charge is 2.35. The summed E-state index contributed by atoms with van der Waals surface area (Å²) in [5, 5.41) is 8.34. The van der Waals surface area contributed by atoms with Gasteiger partial charge in [-0.15, -0.1) is 0 Å². The van der Waals surface area contributed by atoms with Crippen molar-refractivity contribution in [2.75, 3.05) is 0 Å². The van der Waals surface area contributed by atoms with Gasteiger partial charge in [0.05, 0.1) is 18.1 Å². The smallest absolute Gasteiger partial charge is 0.323 e. The molecule has 0 heterocycles. The summed E-state index contributed by atoms with van der Waals surface area (Å²) in [6, 6.07) is 3.48. The number of halogens is 4. The van der Waals surface area contributed by atoms with Crippen molar-refractivity contribution in [3.05, 3.63) is 35.1 Å². The monoisotopic (exact) mass is 232 g/mol. The fourth-order valence-electron chi connectivity index (χ4n) is 1.26. The minimum atomic E-state index is -4.76. The lowest BCUT2D eigenvalue weighted by atomic mass is 10.0. The normalized spacial score (nSPS) is 13.2. The van der Waals surface area contributed by atoms with Crippen molar-refractivity contribution in [2.24, 2.45) is 5.73 Å². The van der Waals surface area contributed by atoms with E-state index >= 15 is 0 Å². The van der Waals surface area contributed by atoms with Crippen molar-refractivity contribution in [3.8, 4) is 6.07 Å². The van der Waals surface area contributed by atoms with Gasteiger partial charge < -0.3 is 5.73 Å². The van der Waals surface area contributed by atoms with Gasteiger partial charge in [-0.05, 0) is 6.07 Å². The van der Waals surface area contributed by atoms with Crippen molar-refractivity contribution in [2.45, 2.75) is 18.6 Å². The number of nitrogens with zero attached hydrogens (tertiary/aromatic N) is 1. The molecule has 2 N–H and O–H groups in total. The van der Waals surface area contributed by atoms with Gasteiger partial charge in [0.25, 0.3) is 0 Å². The number of benzene rings is 1. The van der Waals surface area contributed by atoms with Crippen molar-refractivity contribution < 1.29 is 17.6 Å². The second-order valence-corrected chi connectivity index (χ2v) is 3.18. The summed E-state index contributed by atoms with van der Waals surface area (Å²) in [6.07, 6.45) is -5.00. The molecule has 0 aliphatic carbocycles. The van der Waals surface area contributed by atoms with E-state index in [1.807, 2.05) is 0 Å². The molecule has 1 aromatic rings. The quantitative estimate of drug-likeness (QED) is 0.797. The Balaban J connectivity index is 3.20. The van der Waals surface area contributed by atoms with Gasteiger partial charge >= 0.3 is 6.18 Å². The minimum Gasteiger partial charge on any atom is -0.323 e. The highest BCUT2D eigenvalue weighted by molar-refractivity contribution is 5.30. The van der Waals surface area contributed by atoms with Crippen LogP contribution in [-0.4, -0.2) is 0 Å². The van der Waals surface area contributed by atoms with Crippen LogP contribution in [0.25, 0.3) is 0 Å². The lowest BCUT2D eigenvalue weighted by Crippen LogP contribution is -2.15. The SMILES string of the molecule is N#CC[C@@H](N)c1cccc(C(F)(F)F)c1F. The molecule has 0 amide bonds. The van der Waals surface area contributed by atoms with Crippen LogP contribution in [0.4, 0.5) is 17.6 Å². The molecule has 0 fully saturated rings. The summed E-state index contributed by atoms with van der Waals surface area (Å²) in [5.74, 6) is -1.40. The zero-order valence-corrected chi connectivity index (χ0v) is 8.05. The van der Waals surface area contributed by atoms with E-state index in [2.05, 4.69) is 0 Å². The molecule has 0 aliphatic rings. The zero-order valence-electron chi connectivity index (χ0n) is 8.05. The maximum absolute atomic E-state index is 13.4. The van der Waals surface area contributed by atoms with E-state index in [1.165, 1.54) is 0 Å². The van der Waals surface area contributed by atoms with Crippen molar-refractivity contribution in [3.63, 3.8) is 0 Å². The molecule has 2 nitrogen and oxygen atoms in total. The molecule has 0 aliphatic heterocycles. The third-order valence-corrected chi connectivity index (χ3v) is 2.04. The molecule has 0 radical (unpaired) electrons. The van der Waals surface area contributed by atoms with Crippen LogP contribution >= 0.6 is 0 Å². The van der Waals surface area contributed by atoms with Crippen molar-refractivity contribution in [1.82, 2.24) is 0 Å². The number of hydrogen-bond acceptors (Lipinski definition) is 2. The van der Waals surface area contributed by atoms with E-state index < -0.39 is 23.6 Å². The van der Waals surface area contributed by atoms with Crippen LogP contribution in [0.3, 0.4) is 0 Å². The molecule has 0 saturated carbocycles. The van der Waals surface area contributed by atoms with Gasteiger partial charge in [-0.1, -0.05) is 12.1 Å². The van der Waals surface area contributed by atoms with Gasteiger partial charge in [0.2, 0.25) is 0 Å². The van der Waals surface area contributed by atoms with E-state index in [-0.39, 0.29) is 12.0 Å². The molecule has 0 unspecified atom stereocenters. The first kappa shape index (κ1) is 12.5. The molecule has 6 heteroatoms. The van der Waals surface area contributed by atoms with E-state index in [0.717, 1.165) is 12.1 Å². The van der Waals surface area contributed by atoms with Crippen LogP contribution < -0.4 is 5.73 Å². The molecule has 0 spiro atoms. The largest absolute Gasteiger partial charge is 0.419 e. The van der Waals surface area contributed by atoms with E-state index in [4.69, 9.17) is 11.0 Å². The maximum Gasteiger partial charge on any atom is 0.419 e. The predicted molar refractivity (Wildman–Crippen MR) is 48.6 cm³/mol. The van der Waals surface area contributed by atoms with E-state index in [0.29, 0.717) is 6.07 Å². The number of alkyl halides is 3. The first-order valence-corrected chi connectivity index (χ1v) is 4.36. The third-order valence-electron chi connectivity index (χ3n) is 2.04. The number of hydrogen-bond donors (Lipinski definition) is 1. The standard InChI is InChI=1S/C10H8F4N2/c11-9-6(8(16)4-5-15)2-1-3-7(9)10(12,13)14/h1-3,8H,4,16H2/t8-/m1/s1. The summed E-state index contributed by atoms with van der Waals surface area (Å²) < 4.78 is 50.4. The topological polar surface area (TPSA) is 49.8 Å². The molecule has 16 heavy (non-hydrogen) atoms. The van der Waals surface area contributed by atoms with Crippen LogP contribution in [0.2, 0.25) is 0 Å². The fraction of sp³-hybridized carbons (Fsp3) is 0.300. The fourth-order valence-corrected chi connectivity index (χ4v) is 1.26. The molecule has 0 bridgehead atoms. The van der Waals surface area contributed by atoms with Gasteiger partial charge in [-0.2, -0.15) is 18.4 Å². The minimum absolute atomic E-state index is 0.238. The Labute approximate surface area is 89.3 Å². The lowest BCUT2D eigenvalue weighted by molar-refractivity contribution is -0.140. The van der Waals surface area contributed by atoms with Crippen LogP contribution in [0.5, 0.6) is 0 Å². The summed E-state index contributed by atoms with van der Waals surface area (Å²) in [6.45, 7) is 0.